The number of carbonyl (C=O) groups is 2. The number of alkyl halides is 2. The average Bonchev–Trinajstić information content (AvgIpc) is 3.16. The van der Waals surface area contributed by atoms with Gasteiger partial charge in [-0.3, -0.25) is 9.59 Å². The maximum Gasteiger partial charge on any atom is 0.328 e. The van der Waals surface area contributed by atoms with E-state index in [1.54, 1.807) is 6.08 Å². The monoisotopic (exact) mass is 494 g/mol. The van der Waals surface area contributed by atoms with E-state index in [0.717, 1.165) is 6.07 Å². The fourth-order valence-electron chi connectivity index (χ4n) is 4.17. The van der Waals surface area contributed by atoms with E-state index in [0.29, 0.717) is 23.1 Å². The second-order valence-corrected chi connectivity index (χ2v) is 8.42. The standard InChI is InChI=1S/C27H18F4N2O3/c28-17-7-5-16(6-8-17)18-2-1-3-19(25(18)35)22(34)13-15-4-9-24(21(29)12-15)36-23-10-11-32-26-20(23)14-27(30,31)33-26/h2-12H,1,13-14H2,(H,32,33). The number of halogens is 4. The molecule has 2 heterocycles. The van der Waals surface area contributed by atoms with Gasteiger partial charge in [0, 0.05) is 23.8 Å². The van der Waals surface area contributed by atoms with Crippen LogP contribution in [-0.4, -0.2) is 22.6 Å². The molecule has 2 aromatic carbocycles. The van der Waals surface area contributed by atoms with E-state index in [-0.39, 0.29) is 34.9 Å². The molecule has 1 aliphatic heterocycles. The van der Waals surface area contributed by atoms with Crippen molar-refractivity contribution >= 4 is 23.0 Å². The maximum atomic E-state index is 14.8. The van der Waals surface area contributed by atoms with Gasteiger partial charge in [-0.1, -0.05) is 30.4 Å². The number of Topliss-reactive ketones (excluding diaryl/α,β-unsaturated/α-hetero) is 2. The molecule has 2 aliphatic rings. The van der Waals surface area contributed by atoms with E-state index in [1.165, 1.54) is 54.7 Å². The molecule has 1 aromatic heterocycles. The molecule has 1 aliphatic carbocycles. The van der Waals surface area contributed by atoms with Crippen LogP contribution in [0.25, 0.3) is 5.57 Å². The molecular weight excluding hydrogens is 476 g/mol. The number of ether oxygens (including phenoxy) is 1. The maximum absolute atomic E-state index is 14.8. The summed E-state index contributed by atoms with van der Waals surface area (Å²) >= 11 is 0. The van der Waals surface area contributed by atoms with Crippen molar-refractivity contribution in [3.63, 3.8) is 0 Å². The summed E-state index contributed by atoms with van der Waals surface area (Å²) in [7, 11) is 0. The van der Waals surface area contributed by atoms with Crippen LogP contribution in [0.1, 0.15) is 23.1 Å². The molecule has 0 atom stereocenters. The van der Waals surface area contributed by atoms with Gasteiger partial charge in [0.05, 0.1) is 12.0 Å². The highest BCUT2D eigenvalue weighted by atomic mass is 19.3. The highest BCUT2D eigenvalue weighted by Gasteiger charge is 2.39. The Hall–Kier alpha value is -4.27. The largest absolute Gasteiger partial charge is 0.454 e. The molecule has 9 heteroatoms. The summed E-state index contributed by atoms with van der Waals surface area (Å²) in [5, 5.41) is 1.99. The van der Waals surface area contributed by atoms with Gasteiger partial charge in [0.2, 0.25) is 0 Å². The van der Waals surface area contributed by atoms with E-state index in [9.17, 15) is 27.2 Å². The van der Waals surface area contributed by atoms with Crippen molar-refractivity contribution in [1.82, 2.24) is 4.98 Å². The van der Waals surface area contributed by atoms with Crippen molar-refractivity contribution in [2.24, 2.45) is 0 Å². The number of nitrogens with zero attached hydrogens (tertiary/aromatic N) is 1. The van der Waals surface area contributed by atoms with Crippen LogP contribution in [0.3, 0.4) is 0 Å². The zero-order chi connectivity index (χ0) is 25.4. The third-order valence-electron chi connectivity index (χ3n) is 5.88. The van der Waals surface area contributed by atoms with Gasteiger partial charge >= 0.3 is 6.05 Å². The van der Waals surface area contributed by atoms with Crippen LogP contribution in [-0.2, 0) is 22.4 Å². The van der Waals surface area contributed by atoms with Crippen LogP contribution in [0, 0.1) is 11.6 Å². The van der Waals surface area contributed by atoms with Crippen molar-refractivity contribution < 1.29 is 31.9 Å². The van der Waals surface area contributed by atoms with Gasteiger partial charge in [0.1, 0.15) is 17.4 Å². The minimum Gasteiger partial charge on any atom is -0.454 e. The number of rotatable bonds is 6. The number of allylic oxidation sites excluding steroid dienone is 4. The highest BCUT2D eigenvalue weighted by molar-refractivity contribution is 6.39. The normalized spacial score (nSPS) is 16.1. The zero-order valence-electron chi connectivity index (χ0n) is 18.7. The van der Waals surface area contributed by atoms with Crippen molar-refractivity contribution in [3.05, 3.63) is 101 Å². The van der Waals surface area contributed by atoms with Crippen molar-refractivity contribution in [2.75, 3.05) is 5.32 Å². The second kappa shape index (κ2) is 9.07. The molecule has 1 N–H and O–H groups in total. The van der Waals surface area contributed by atoms with Crippen LogP contribution < -0.4 is 10.1 Å². The molecule has 0 amide bonds. The van der Waals surface area contributed by atoms with Gasteiger partial charge in [-0.2, -0.15) is 8.78 Å². The molecule has 5 rings (SSSR count). The van der Waals surface area contributed by atoms with E-state index >= 15 is 0 Å². The number of anilines is 1. The highest BCUT2D eigenvalue weighted by Crippen LogP contribution is 2.40. The number of pyridine rings is 1. The van der Waals surface area contributed by atoms with Gasteiger partial charge in [0.15, 0.2) is 23.1 Å². The first-order chi connectivity index (χ1) is 17.2. The Balaban J connectivity index is 1.29. The SMILES string of the molecule is O=C(Cc1ccc(Oc2ccnc3c2CC(F)(F)N3)c(F)c1)C1=CCC=C(c2ccc(F)cc2)C1=O. The Morgan fingerprint density at radius 3 is 2.56 bits per heavy atom. The summed E-state index contributed by atoms with van der Waals surface area (Å²) < 4.78 is 60.9. The number of ketones is 2. The molecule has 5 nitrogen and oxygen atoms in total. The van der Waals surface area contributed by atoms with Crippen molar-refractivity contribution in [1.29, 1.82) is 0 Å². The summed E-state index contributed by atoms with van der Waals surface area (Å²) in [4.78, 5) is 29.6. The van der Waals surface area contributed by atoms with Gasteiger partial charge in [-0.25, -0.2) is 13.8 Å². The first-order valence-corrected chi connectivity index (χ1v) is 11.0. The zero-order valence-corrected chi connectivity index (χ0v) is 18.7. The lowest BCUT2D eigenvalue weighted by Gasteiger charge is -2.14. The number of nitrogens with one attached hydrogen (secondary N) is 1. The summed E-state index contributed by atoms with van der Waals surface area (Å²) in [6.45, 7) is 0. The van der Waals surface area contributed by atoms with E-state index in [2.05, 4.69) is 4.98 Å². The number of hydrogen-bond acceptors (Lipinski definition) is 5. The molecule has 0 radical (unpaired) electrons. The Kier molecular flexibility index (Phi) is 5.91. The lowest BCUT2D eigenvalue weighted by Crippen LogP contribution is -2.23. The summed E-state index contributed by atoms with van der Waals surface area (Å²) in [5.74, 6) is -2.38. The van der Waals surface area contributed by atoms with Gasteiger partial charge < -0.3 is 10.1 Å². The quantitative estimate of drug-likeness (QED) is 0.266. The molecule has 0 spiro atoms. The average molecular weight is 494 g/mol. The van der Waals surface area contributed by atoms with Gasteiger partial charge in [-0.05, 0) is 47.9 Å². The summed E-state index contributed by atoms with van der Waals surface area (Å²) in [5.41, 5.74) is 1.24. The molecule has 3 aromatic rings. The third-order valence-corrected chi connectivity index (χ3v) is 5.88. The molecule has 0 unspecified atom stereocenters. The lowest BCUT2D eigenvalue weighted by molar-refractivity contribution is -0.118. The smallest absolute Gasteiger partial charge is 0.328 e. The Morgan fingerprint density at radius 2 is 1.81 bits per heavy atom. The van der Waals surface area contributed by atoms with Crippen molar-refractivity contribution in [2.45, 2.75) is 25.3 Å². The molecule has 0 fully saturated rings. The minimum atomic E-state index is -3.17. The van der Waals surface area contributed by atoms with E-state index in [1.807, 2.05) is 5.32 Å². The first kappa shape index (κ1) is 23.5. The Bertz CT molecular complexity index is 1450. The van der Waals surface area contributed by atoms with Crippen LogP contribution in [0.5, 0.6) is 11.5 Å². The lowest BCUT2D eigenvalue weighted by atomic mass is 9.88. The number of carbonyl (C=O) groups excluding carboxylic acids is 2. The van der Waals surface area contributed by atoms with Crippen LogP contribution in [0.4, 0.5) is 23.4 Å². The molecule has 36 heavy (non-hydrogen) atoms. The second-order valence-electron chi connectivity index (χ2n) is 8.42. The number of aromatic nitrogens is 1. The van der Waals surface area contributed by atoms with Crippen LogP contribution >= 0.6 is 0 Å². The summed E-state index contributed by atoms with van der Waals surface area (Å²) in [6.07, 6.45) is 3.93. The number of fused-ring (bicyclic) bond motifs is 1. The summed E-state index contributed by atoms with van der Waals surface area (Å²) in [6, 6.07) is 7.47. The number of benzene rings is 2. The van der Waals surface area contributed by atoms with Crippen molar-refractivity contribution in [3.8, 4) is 11.5 Å². The molecular formula is C27H18F4N2O3. The topological polar surface area (TPSA) is 68.3 Å². The van der Waals surface area contributed by atoms with Crippen LogP contribution in [0.15, 0.2) is 72.5 Å². The van der Waals surface area contributed by atoms with Gasteiger partial charge in [0.25, 0.3) is 0 Å². The number of hydrogen-bond donors (Lipinski definition) is 1. The molecule has 0 saturated heterocycles. The fourth-order valence-corrected chi connectivity index (χ4v) is 4.17. The van der Waals surface area contributed by atoms with Crippen LogP contribution in [0.2, 0.25) is 0 Å². The Morgan fingerprint density at radius 1 is 1.03 bits per heavy atom. The van der Waals surface area contributed by atoms with E-state index in [4.69, 9.17) is 4.74 Å². The minimum absolute atomic E-state index is 0.0154. The van der Waals surface area contributed by atoms with Gasteiger partial charge in [-0.15, -0.1) is 0 Å². The van der Waals surface area contributed by atoms with E-state index < -0.39 is 35.7 Å². The fraction of sp³-hybridized carbons (Fsp3) is 0.148. The Labute approximate surface area is 203 Å². The third kappa shape index (κ3) is 4.64. The molecule has 0 bridgehead atoms. The predicted octanol–water partition coefficient (Wildman–Crippen LogP) is 5.81. The molecule has 0 saturated carbocycles. The first-order valence-electron chi connectivity index (χ1n) is 11.0. The molecule has 182 valence electrons. The predicted molar refractivity (Wildman–Crippen MR) is 124 cm³/mol.